The van der Waals surface area contributed by atoms with Crippen molar-refractivity contribution in [2.45, 2.75) is 24.8 Å². The molecule has 1 fully saturated rings. The van der Waals surface area contributed by atoms with Crippen LogP contribution in [0.1, 0.15) is 24.0 Å². The number of hydrogen-bond donors (Lipinski definition) is 1. The largest absolute Gasteiger partial charge is 0.759 e. The summed E-state index contributed by atoms with van der Waals surface area (Å²) in [6.07, 6.45) is 1.24. The second-order valence-corrected chi connectivity index (χ2v) is 6.72. The summed E-state index contributed by atoms with van der Waals surface area (Å²) in [5.74, 6) is -0.454. The zero-order valence-electron chi connectivity index (χ0n) is 13.4. The van der Waals surface area contributed by atoms with Crippen molar-refractivity contribution in [3.8, 4) is 0 Å². The molecule has 0 spiro atoms. The van der Waals surface area contributed by atoms with Crippen molar-refractivity contribution in [3.63, 3.8) is 0 Å². The van der Waals surface area contributed by atoms with Gasteiger partial charge in [0.05, 0.1) is 5.41 Å². The van der Waals surface area contributed by atoms with Crippen molar-refractivity contribution >= 4 is 17.5 Å². The molecule has 1 saturated heterocycles. The van der Waals surface area contributed by atoms with Crippen molar-refractivity contribution < 1.29 is 4.79 Å². The number of carbonyl (C=O) groups excluding carboxylic acids is 1. The van der Waals surface area contributed by atoms with Gasteiger partial charge in [0.15, 0.2) is 0 Å². The van der Waals surface area contributed by atoms with Crippen molar-refractivity contribution in [3.05, 3.63) is 76.0 Å². The van der Waals surface area contributed by atoms with Gasteiger partial charge in [-0.05, 0) is 49.2 Å². The summed E-state index contributed by atoms with van der Waals surface area (Å²) >= 11 is 5.95. The molecule has 5 heteroatoms. The molecule has 0 saturated carbocycles. The Balaban J connectivity index is 1.76. The third kappa shape index (κ3) is 3.46. The predicted molar refractivity (Wildman–Crippen MR) is 95.6 cm³/mol. The van der Waals surface area contributed by atoms with Crippen molar-refractivity contribution in [2.75, 3.05) is 13.1 Å². The van der Waals surface area contributed by atoms with Crippen LogP contribution in [0.4, 0.5) is 0 Å². The van der Waals surface area contributed by atoms with E-state index in [0.29, 0.717) is 17.9 Å². The third-order valence-electron chi connectivity index (χ3n) is 4.88. The molecular weight excluding hydrogens is 324 g/mol. The van der Waals surface area contributed by atoms with Gasteiger partial charge in [0, 0.05) is 11.6 Å². The molecule has 0 bridgehead atoms. The van der Waals surface area contributed by atoms with Gasteiger partial charge in [0.1, 0.15) is 0 Å². The van der Waals surface area contributed by atoms with Gasteiger partial charge in [-0.2, -0.15) is 0 Å². The highest BCUT2D eigenvalue weighted by atomic mass is 35.5. The van der Waals surface area contributed by atoms with Gasteiger partial charge in [0.25, 0.3) is 0 Å². The van der Waals surface area contributed by atoms with Crippen LogP contribution < -0.4 is 5.48 Å². The second kappa shape index (κ2) is 7.34. The predicted octanol–water partition coefficient (Wildman–Crippen LogP) is 3.49. The van der Waals surface area contributed by atoms with Crippen LogP contribution in [0.2, 0.25) is 5.02 Å². The number of likely N-dealkylation sites (tertiary alicyclic amines) is 1. The first-order valence-corrected chi connectivity index (χ1v) is 8.47. The van der Waals surface area contributed by atoms with E-state index in [2.05, 4.69) is 17.0 Å². The maximum atomic E-state index is 12.4. The normalized spacial score (nSPS) is 17.4. The quantitative estimate of drug-likeness (QED) is 0.864. The Morgan fingerprint density at radius 2 is 1.71 bits per heavy atom. The lowest BCUT2D eigenvalue weighted by molar-refractivity contribution is -0.127. The van der Waals surface area contributed by atoms with E-state index in [1.165, 1.54) is 5.56 Å². The minimum absolute atomic E-state index is 0.454. The van der Waals surface area contributed by atoms with E-state index in [0.717, 1.165) is 25.2 Å². The number of rotatable bonds is 4. The molecule has 4 nitrogen and oxygen atoms in total. The first kappa shape index (κ1) is 17.0. The number of nitrogens with zero attached hydrogens (tertiary/aromatic N) is 1. The first-order chi connectivity index (χ1) is 11.6. The fraction of sp³-hybridized carbons (Fsp3) is 0.316. The highest BCUT2D eigenvalue weighted by molar-refractivity contribution is 6.30. The van der Waals surface area contributed by atoms with Crippen molar-refractivity contribution in [1.29, 1.82) is 0 Å². The molecule has 0 radical (unpaired) electrons. The lowest BCUT2D eigenvalue weighted by Crippen LogP contribution is -2.50. The monoisotopic (exact) mass is 343 g/mol. The molecule has 2 aromatic rings. The molecule has 2 aromatic carbocycles. The fourth-order valence-corrected chi connectivity index (χ4v) is 3.57. The number of carbonyl (C=O) groups is 1. The average molecular weight is 344 g/mol. The number of benzene rings is 2. The zero-order valence-corrected chi connectivity index (χ0v) is 14.1. The maximum absolute atomic E-state index is 12.4. The van der Waals surface area contributed by atoms with Gasteiger partial charge in [-0.1, -0.05) is 54.1 Å². The summed E-state index contributed by atoms with van der Waals surface area (Å²) < 4.78 is 0. The molecule has 1 aliphatic rings. The van der Waals surface area contributed by atoms with E-state index in [1.54, 1.807) is 17.6 Å². The summed E-state index contributed by atoms with van der Waals surface area (Å²) in [5, 5.41) is 11.7. The van der Waals surface area contributed by atoms with Crippen LogP contribution in [-0.2, 0) is 16.8 Å². The molecule has 1 heterocycles. The minimum atomic E-state index is -0.764. The highest BCUT2D eigenvalue weighted by Gasteiger charge is 2.41. The lowest BCUT2D eigenvalue weighted by Gasteiger charge is -2.42. The Morgan fingerprint density at radius 1 is 1.08 bits per heavy atom. The van der Waals surface area contributed by atoms with Gasteiger partial charge in [-0.3, -0.25) is 9.69 Å². The molecule has 1 amide bonds. The van der Waals surface area contributed by atoms with Crippen molar-refractivity contribution in [1.82, 2.24) is 10.4 Å². The number of halogens is 1. The van der Waals surface area contributed by atoms with E-state index in [1.807, 2.05) is 30.3 Å². The number of amides is 1. The maximum Gasteiger partial charge on any atom is 0.220 e. The number of hydrogen-bond acceptors (Lipinski definition) is 3. The highest BCUT2D eigenvalue weighted by Crippen LogP contribution is 2.36. The van der Waals surface area contributed by atoms with E-state index >= 15 is 0 Å². The van der Waals surface area contributed by atoms with Crippen LogP contribution in [0.25, 0.3) is 0 Å². The topological polar surface area (TPSA) is 55.4 Å². The Kier molecular flexibility index (Phi) is 5.19. The number of piperidine rings is 1. The minimum Gasteiger partial charge on any atom is -0.759 e. The number of nitrogens with one attached hydrogen (secondary N) is 1. The Labute approximate surface area is 147 Å². The first-order valence-electron chi connectivity index (χ1n) is 8.09. The van der Waals surface area contributed by atoms with Crippen LogP contribution in [0.5, 0.6) is 0 Å². The fourth-order valence-electron chi connectivity index (χ4n) is 3.45. The molecule has 0 unspecified atom stereocenters. The Morgan fingerprint density at radius 3 is 2.29 bits per heavy atom. The average Bonchev–Trinajstić information content (AvgIpc) is 2.63. The summed E-state index contributed by atoms with van der Waals surface area (Å²) in [6.45, 7) is 2.40. The molecule has 0 atom stereocenters. The molecule has 3 rings (SSSR count). The van der Waals surface area contributed by atoms with Crippen LogP contribution in [0.15, 0.2) is 54.6 Å². The molecular formula is C19H20ClN2O2-. The standard InChI is InChI=1S/C19H20ClN2O2/c20-17-8-6-16(7-9-17)19(18(23)21-24)10-12-22(13-11-19)14-15-4-2-1-3-5-15/h1-9H,10-14H2,(H-,21,23,24)/q-1. The molecule has 0 aromatic heterocycles. The summed E-state index contributed by atoms with van der Waals surface area (Å²) in [4.78, 5) is 14.7. The van der Waals surface area contributed by atoms with Crippen LogP contribution in [0.3, 0.4) is 0 Å². The second-order valence-electron chi connectivity index (χ2n) is 6.28. The van der Waals surface area contributed by atoms with E-state index in [9.17, 15) is 10.0 Å². The van der Waals surface area contributed by atoms with Crippen LogP contribution >= 0.6 is 11.6 Å². The Bertz CT molecular complexity index is 680. The lowest BCUT2D eigenvalue weighted by atomic mass is 9.72. The molecule has 1 N–H and O–H groups in total. The van der Waals surface area contributed by atoms with Gasteiger partial charge >= 0.3 is 0 Å². The van der Waals surface area contributed by atoms with Crippen LogP contribution in [0, 0.1) is 5.21 Å². The molecule has 0 aliphatic carbocycles. The number of hydroxylamine groups is 1. The van der Waals surface area contributed by atoms with E-state index in [4.69, 9.17) is 11.6 Å². The smallest absolute Gasteiger partial charge is 0.220 e. The van der Waals surface area contributed by atoms with Gasteiger partial charge in [-0.25, -0.2) is 0 Å². The molecule has 24 heavy (non-hydrogen) atoms. The summed E-state index contributed by atoms with van der Waals surface area (Å²) in [5.41, 5.74) is 2.96. The van der Waals surface area contributed by atoms with Gasteiger partial charge in [-0.15, -0.1) is 0 Å². The molecule has 1 aliphatic heterocycles. The molecule has 126 valence electrons. The zero-order chi connectivity index (χ0) is 17.0. The summed E-state index contributed by atoms with van der Waals surface area (Å²) in [6, 6.07) is 17.5. The van der Waals surface area contributed by atoms with E-state index in [-0.39, 0.29) is 0 Å². The summed E-state index contributed by atoms with van der Waals surface area (Å²) in [7, 11) is 0. The van der Waals surface area contributed by atoms with Crippen LogP contribution in [-0.4, -0.2) is 23.9 Å². The van der Waals surface area contributed by atoms with Gasteiger partial charge < -0.3 is 10.7 Å². The third-order valence-corrected chi connectivity index (χ3v) is 5.13. The van der Waals surface area contributed by atoms with E-state index < -0.39 is 11.3 Å². The van der Waals surface area contributed by atoms with Gasteiger partial charge in [0.2, 0.25) is 5.91 Å². The Hall–Kier alpha value is -1.88. The SMILES string of the molecule is O=C(N[O-])C1(c2ccc(Cl)cc2)CCN(Cc2ccccc2)CC1. The van der Waals surface area contributed by atoms with Crippen molar-refractivity contribution in [2.24, 2.45) is 0 Å².